The fourth-order valence-corrected chi connectivity index (χ4v) is 4.00. The van der Waals surface area contributed by atoms with Gasteiger partial charge in [0, 0.05) is 15.6 Å². The molecule has 1 amide bonds. The van der Waals surface area contributed by atoms with Crippen LogP contribution in [0.4, 0.5) is 9.52 Å². The summed E-state index contributed by atoms with van der Waals surface area (Å²) in [6.07, 6.45) is 0. The van der Waals surface area contributed by atoms with Crippen LogP contribution in [0.5, 0.6) is 0 Å². The fourth-order valence-electron chi connectivity index (χ4n) is 2.47. The van der Waals surface area contributed by atoms with Crippen molar-refractivity contribution in [3.05, 3.63) is 57.8 Å². The lowest BCUT2D eigenvalue weighted by molar-refractivity contribution is -0.856. The number of aromatic nitrogens is 1. The maximum atomic E-state index is 14.0. The highest BCUT2D eigenvalue weighted by Crippen LogP contribution is 2.31. The minimum absolute atomic E-state index is 0.268. The highest BCUT2D eigenvalue weighted by molar-refractivity contribution is 7.22. The average Bonchev–Trinajstić information content (AvgIpc) is 2.99. The molecule has 2 aromatic carbocycles. The van der Waals surface area contributed by atoms with Gasteiger partial charge in [0.05, 0.1) is 31.9 Å². The number of benzene rings is 2. The van der Waals surface area contributed by atoms with Crippen molar-refractivity contribution in [1.82, 2.24) is 4.98 Å². The lowest BCUT2D eigenvalue weighted by Crippen LogP contribution is -3.06. The van der Waals surface area contributed by atoms with Gasteiger partial charge in [0.2, 0.25) is 0 Å². The lowest BCUT2D eigenvalue weighted by atomic mass is 10.2. The van der Waals surface area contributed by atoms with Crippen LogP contribution in [-0.2, 0) is 0 Å². The molecule has 8 heteroatoms. The Morgan fingerprint density at radius 1 is 1.23 bits per heavy atom. The van der Waals surface area contributed by atoms with Crippen LogP contribution in [-0.4, -0.2) is 38.1 Å². The minimum Gasteiger partial charge on any atom is -0.338 e. The third-order valence-electron chi connectivity index (χ3n) is 3.78. The third-order valence-corrected chi connectivity index (χ3v) is 5.26. The van der Waals surface area contributed by atoms with E-state index >= 15 is 0 Å². The molecule has 0 saturated carbocycles. The molecule has 1 N–H and O–H groups in total. The number of nitrogens with zero attached hydrogens (tertiary/aromatic N) is 2. The van der Waals surface area contributed by atoms with Gasteiger partial charge in [0.1, 0.15) is 11.3 Å². The van der Waals surface area contributed by atoms with Crippen molar-refractivity contribution in [2.24, 2.45) is 0 Å². The zero-order valence-electron chi connectivity index (χ0n) is 14.2. The number of rotatable bonds is 5. The molecular weight excluding hydrogens is 396 g/mol. The van der Waals surface area contributed by atoms with E-state index in [0.717, 1.165) is 0 Å². The van der Waals surface area contributed by atoms with Gasteiger partial charge >= 0.3 is 0 Å². The van der Waals surface area contributed by atoms with Gasteiger partial charge in [-0.3, -0.25) is 9.69 Å². The normalized spacial score (nSPS) is 11.3. The minimum atomic E-state index is -0.401. The first-order valence-corrected chi connectivity index (χ1v) is 9.54. The number of thiazole rings is 1. The summed E-state index contributed by atoms with van der Waals surface area (Å²) in [6.45, 7) is 1.14. The Hall–Kier alpha value is -1.73. The number of para-hydroxylation sites is 1. The highest BCUT2D eigenvalue weighted by Gasteiger charge is 2.23. The Kier molecular flexibility index (Phi) is 5.77. The van der Waals surface area contributed by atoms with Gasteiger partial charge in [0.25, 0.3) is 5.91 Å². The predicted octanol–water partition coefficient (Wildman–Crippen LogP) is 3.53. The standard InChI is InChI=1S/C18H16Cl2FN3OS/c1-23(2)6-7-24(17(25)11-8-12(19)10-13(20)9-11)18-22-16-14(21)4-3-5-15(16)26-18/h3-5,8-10H,6-7H2,1-2H3/p+1. The Balaban J connectivity index is 2.03. The van der Waals surface area contributed by atoms with Crippen molar-refractivity contribution in [3.63, 3.8) is 0 Å². The molecule has 0 fully saturated rings. The van der Waals surface area contributed by atoms with Crippen LogP contribution >= 0.6 is 34.5 Å². The maximum absolute atomic E-state index is 14.0. The molecule has 136 valence electrons. The number of likely N-dealkylation sites (N-methyl/N-ethyl adjacent to an activating group) is 1. The molecule has 1 heterocycles. The van der Waals surface area contributed by atoms with Crippen LogP contribution in [0.2, 0.25) is 10.0 Å². The van der Waals surface area contributed by atoms with Gasteiger partial charge in [-0.15, -0.1) is 0 Å². The molecule has 3 aromatic rings. The summed E-state index contributed by atoms with van der Waals surface area (Å²) in [7, 11) is 3.99. The summed E-state index contributed by atoms with van der Waals surface area (Å²) in [4.78, 5) is 20.2. The first-order valence-electron chi connectivity index (χ1n) is 7.97. The second-order valence-electron chi connectivity index (χ2n) is 6.16. The lowest BCUT2D eigenvalue weighted by Gasteiger charge is -2.21. The predicted molar refractivity (Wildman–Crippen MR) is 105 cm³/mol. The summed E-state index contributed by atoms with van der Waals surface area (Å²) in [5, 5.41) is 1.22. The number of hydrogen-bond acceptors (Lipinski definition) is 3. The van der Waals surface area contributed by atoms with E-state index in [0.29, 0.717) is 38.5 Å². The molecule has 3 rings (SSSR count). The smallest absolute Gasteiger partial charge is 0.260 e. The number of nitrogens with one attached hydrogen (secondary N) is 1. The van der Waals surface area contributed by atoms with Crippen molar-refractivity contribution in [2.45, 2.75) is 0 Å². The van der Waals surface area contributed by atoms with E-state index in [1.807, 2.05) is 14.1 Å². The Morgan fingerprint density at radius 3 is 2.54 bits per heavy atom. The van der Waals surface area contributed by atoms with Gasteiger partial charge in [-0.05, 0) is 30.3 Å². The molecular formula is C18H17Cl2FN3OS+. The van der Waals surface area contributed by atoms with E-state index in [4.69, 9.17) is 23.2 Å². The number of quaternary nitrogens is 1. The van der Waals surface area contributed by atoms with Crippen LogP contribution in [0.25, 0.3) is 10.2 Å². The summed E-state index contributed by atoms with van der Waals surface area (Å²) in [5.41, 5.74) is 0.641. The molecule has 4 nitrogen and oxygen atoms in total. The topological polar surface area (TPSA) is 37.6 Å². The number of hydrogen-bond donors (Lipinski definition) is 1. The summed E-state index contributed by atoms with van der Waals surface area (Å²) >= 11 is 13.4. The zero-order chi connectivity index (χ0) is 18.8. The molecule has 0 atom stereocenters. The van der Waals surface area contributed by atoms with Crippen molar-refractivity contribution in [2.75, 3.05) is 32.1 Å². The Morgan fingerprint density at radius 2 is 1.92 bits per heavy atom. The number of carbonyl (C=O) groups excluding carboxylic acids is 1. The summed E-state index contributed by atoms with van der Waals surface area (Å²) < 4.78 is 14.7. The van der Waals surface area contributed by atoms with Crippen molar-refractivity contribution in [1.29, 1.82) is 0 Å². The van der Waals surface area contributed by atoms with Gasteiger partial charge in [-0.25, -0.2) is 9.37 Å². The van der Waals surface area contributed by atoms with Crippen LogP contribution in [0, 0.1) is 5.82 Å². The third kappa shape index (κ3) is 4.15. The molecule has 0 aliphatic rings. The van der Waals surface area contributed by atoms with Gasteiger partial charge in [0.15, 0.2) is 5.13 Å². The van der Waals surface area contributed by atoms with E-state index in [1.165, 1.54) is 22.3 Å². The van der Waals surface area contributed by atoms with Gasteiger partial charge in [-0.1, -0.05) is 40.6 Å². The van der Waals surface area contributed by atoms with Crippen LogP contribution < -0.4 is 9.80 Å². The van der Waals surface area contributed by atoms with E-state index in [-0.39, 0.29) is 11.4 Å². The summed E-state index contributed by atoms with van der Waals surface area (Å²) in [6, 6.07) is 9.49. The molecule has 0 aliphatic heterocycles. The zero-order valence-corrected chi connectivity index (χ0v) is 16.6. The summed E-state index contributed by atoms with van der Waals surface area (Å²) in [5.74, 6) is -0.670. The molecule has 0 spiro atoms. The molecule has 0 saturated heterocycles. The first-order chi connectivity index (χ1) is 12.3. The van der Waals surface area contributed by atoms with Crippen molar-refractivity contribution >= 4 is 55.8 Å². The van der Waals surface area contributed by atoms with Crippen LogP contribution in [0.15, 0.2) is 36.4 Å². The number of amides is 1. The van der Waals surface area contributed by atoms with Crippen molar-refractivity contribution in [3.8, 4) is 0 Å². The van der Waals surface area contributed by atoms with Crippen LogP contribution in [0.3, 0.4) is 0 Å². The number of halogens is 3. The second kappa shape index (κ2) is 7.88. The van der Waals surface area contributed by atoms with Crippen molar-refractivity contribution < 1.29 is 14.1 Å². The molecule has 0 bridgehead atoms. The molecule has 0 aliphatic carbocycles. The monoisotopic (exact) mass is 412 g/mol. The first kappa shape index (κ1) is 19.0. The Labute approximate surface area is 164 Å². The Bertz CT molecular complexity index is 941. The molecule has 26 heavy (non-hydrogen) atoms. The number of carbonyl (C=O) groups is 1. The average molecular weight is 413 g/mol. The number of fused-ring (bicyclic) bond motifs is 1. The maximum Gasteiger partial charge on any atom is 0.260 e. The van der Waals surface area contributed by atoms with Crippen LogP contribution in [0.1, 0.15) is 10.4 Å². The van der Waals surface area contributed by atoms with E-state index < -0.39 is 5.82 Å². The van der Waals surface area contributed by atoms with E-state index in [9.17, 15) is 9.18 Å². The number of anilines is 1. The molecule has 0 radical (unpaired) electrons. The SMILES string of the molecule is C[NH+](C)CCN(C(=O)c1cc(Cl)cc(Cl)c1)c1nc2c(F)cccc2s1. The van der Waals surface area contributed by atoms with E-state index in [2.05, 4.69) is 4.98 Å². The quantitative estimate of drug-likeness (QED) is 0.695. The highest BCUT2D eigenvalue weighted by atomic mass is 35.5. The van der Waals surface area contributed by atoms with Gasteiger partial charge < -0.3 is 4.90 Å². The fraction of sp³-hybridized carbons (Fsp3) is 0.222. The molecule has 1 aromatic heterocycles. The molecule has 0 unspecified atom stereocenters. The largest absolute Gasteiger partial charge is 0.338 e. The van der Waals surface area contributed by atoms with Gasteiger partial charge in [-0.2, -0.15) is 0 Å². The second-order valence-corrected chi connectivity index (χ2v) is 8.04. The van der Waals surface area contributed by atoms with E-state index in [1.54, 1.807) is 35.2 Å².